The lowest BCUT2D eigenvalue weighted by molar-refractivity contribution is -0.133. The molecule has 1 saturated heterocycles. The summed E-state index contributed by atoms with van der Waals surface area (Å²) in [6, 6.07) is 14.0. The number of imidazole rings is 1. The van der Waals surface area contributed by atoms with Gasteiger partial charge in [0.25, 0.3) is 5.91 Å². The van der Waals surface area contributed by atoms with Gasteiger partial charge in [0.1, 0.15) is 11.5 Å². The molecule has 2 amide bonds. The minimum atomic E-state index is -0.151. The predicted octanol–water partition coefficient (Wildman–Crippen LogP) is 3.24. The van der Waals surface area contributed by atoms with Gasteiger partial charge in [-0.05, 0) is 38.3 Å². The number of aromatic nitrogens is 3. The van der Waals surface area contributed by atoms with E-state index in [1.165, 1.54) is 0 Å². The fraction of sp³-hybridized carbons (Fsp3) is 0.385. The first-order valence-corrected chi connectivity index (χ1v) is 11.7. The minimum Gasteiger partial charge on any atom is -0.348 e. The van der Waals surface area contributed by atoms with Crippen LogP contribution >= 0.6 is 0 Å². The summed E-state index contributed by atoms with van der Waals surface area (Å²) in [4.78, 5) is 37.5. The SMILES string of the molecule is CC(C)NC(=O)c1nc(-c2ccccc2)n2c1C[C@@H]1CC[C@H](C2)N1C(=O)Cc1cccnc1. The third kappa shape index (κ3) is 4.15. The number of hydrogen-bond acceptors (Lipinski definition) is 4. The Hall–Kier alpha value is -3.48. The van der Waals surface area contributed by atoms with Crippen molar-refractivity contribution >= 4 is 11.8 Å². The number of fused-ring (bicyclic) bond motifs is 3. The molecule has 2 aliphatic rings. The molecule has 0 unspecified atom stereocenters. The number of carbonyl (C=O) groups is 2. The quantitative estimate of drug-likeness (QED) is 0.657. The Kier molecular flexibility index (Phi) is 5.70. The van der Waals surface area contributed by atoms with Crippen molar-refractivity contribution in [1.29, 1.82) is 0 Å². The van der Waals surface area contributed by atoms with Crippen molar-refractivity contribution in [2.45, 2.75) is 64.2 Å². The standard InChI is InChI=1S/C26H29N5O2/c1-17(2)28-26(33)24-22-14-20-10-11-21(31(20)23(32)13-18-7-6-12-27-15-18)16-30(22)25(29-24)19-8-4-3-5-9-19/h3-9,12,15,17,20-21H,10-11,13-14,16H2,1-2H3,(H,28,33)/t20-,21+/m0/s1. The van der Waals surface area contributed by atoms with E-state index in [2.05, 4.69) is 19.8 Å². The molecule has 1 aromatic carbocycles. The second kappa shape index (κ2) is 8.81. The summed E-state index contributed by atoms with van der Waals surface area (Å²) in [6.07, 6.45) is 6.37. The van der Waals surface area contributed by atoms with Gasteiger partial charge >= 0.3 is 0 Å². The molecule has 1 fully saturated rings. The monoisotopic (exact) mass is 443 g/mol. The fourth-order valence-corrected chi connectivity index (χ4v) is 5.16. The van der Waals surface area contributed by atoms with E-state index in [4.69, 9.17) is 4.98 Å². The number of hydrogen-bond donors (Lipinski definition) is 1. The lowest BCUT2D eigenvalue weighted by Gasteiger charge is -2.28. The molecule has 33 heavy (non-hydrogen) atoms. The van der Waals surface area contributed by atoms with Gasteiger partial charge in [-0.3, -0.25) is 14.6 Å². The molecule has 3 aromatic rings. The molecular formula is C26H29N5O2. The highest BCUT2D eigenvalue weighted by Gasteiger charge is 2.42. The van der Waals surface area contributed by atoms with Crippen LogP contribution in [0.1, 0.15) is 48.4 Å². The van der Waals surface area contributed by atoms with E-state index in [9.17, 15) is 9.59 Å². The van der Waals surface area contributed by atoms with Crippen LogP contribution in [-0.4, -0.2) is 49.4 Å². The molecule has 1 N–H and O–H groups in total. The Morgan fingerprint density at radius 3 is 2.61 bits per heavy atom. The van der Waals surface area contributed by atoms with Crippen LogP contribution in [0.5, 0.6) is 0 Å². The van der Waals surface area contributed by atoms with Gasteiger partial charge in [0.15, 0.2) is 0 Å². The smallest absolute Gasteiger partial charge is 0.271 e. The van der Waals surface area contributed by atoms with Crippen LogP contribution in [0.3, 0.4) is 0 Å². The maximum absolute atomic E-state index is 13.4. The van der Waals surface area contributed by atoms with Gasteiger partial charge in [-0.15, -0.1) is 0 Å². The van der Waals surface area contributed by atoms with E-state index in [1.807, 2.05) is 56.3 Å². The molecule has 4 heterocycles. The van der Waals surface area contributed by atoms with Crippen molar-refractivity contribution in [3.63, 3.8) is 0 Å². The lowest BCUT2D eigenvalue weighted by Crippen LogP contribution is -2.43. The van der Waals surface area contributed by atoms with Crippen molar-refractivity contribution in [1.82, 2.24) is 24.8 Å². The average Bonchev–Trinajstić information content (AvgIpc) is 3.30. The van der Waals surface area contributed by atoms with E-state index in [0.717, 1.165) is 35.5 Å². The van der Waals surface area contributed by atoms with Gasteiger partial charge in [0, 0.05) is 43.0 Å². The highest BCUT2D eigenvalue weighted by Crippen LogP contribution is 2.36. The minimum absolute atomic E-state index is 0.0230. The second-order valence-corrected chi connectivity index (χ2v) is 9.26. The van der Waals surface area contributed by atoms with Crippen LogP contribution in [0.2, 0.25) is 0 Å². The van der Waals surface area contributed by atoms with E-state index in [1.54, 1.807) is 12.4 Å². The zero-order valence-electron chi connectivity index (χ0n) is 19.1. The fourth-order valence-electron chi connectivity index (χ4n) is 5.16. The summed E-state index contributed by atoms with van der Waals surface area (Å²) >= 11 is 0. The maximum Gasteiger partial charge on any atom is 0.271 e. The summed E-state index contributed by atoms with van der Waals surface area (Å²) in [5.41, 5.74) is 3.32. The van der Waals surface area contributed by atoms with E-state index in [0.29, 0.717) is 25.1 Å². The van der Waals surface area contributed by atoms with Gasteiger partial charge in [0.05, 0.1) is 18.2 Å². The van der Waals surface area contributed by atoms with Gasteiger partial charge in [0.2, 0.25) is 5.91 Å². The van der Waals surface area contributed by atoms with Crippen LogP contribution < -0.4 is 5.32 Å². The zero-order valence-corrected chi connectivity index (χ0v) is 19.1. The predicted molar refractivity (Wildman–Crippen MR) is 126 cm³/mol. The molecule has 7 nitrogen and oxygen atoms in total. The zero-order chi connectivity index (χ0) is 22.9. The third-order valence-corrected chi connectivity index (χ3v) is 6.55. The van der Waals surface area contributed by atoms with Crippen LogP contribution in [0.4, 0.5) is 0 Å². The number of pyridine rings is 1. The molecule has 170 valence electrons. The highest BCUT2D eigenvalue weighted by molar-refractivity contribution is 5.94. The van der Waals surface area contributed by atoms with Crippen molar-refractivity contribution in [3.8, 4) is 11.4 Å². The first-order chi connectivity index (χ1) is 16.0. The molecule has 2 atom stereocenters. The van der Waals surface area contributed by atoms with Crippen molar-refractivity contribution < 1.29 is 9.59 Å². The molecule has 0 aliphatic carbocycles. The molecule has 2 aliphatic heterocycles. The van der Waals surface area contributed by atoms with Crippen molar-refractivity contribution in [3.05, 3.63) is 71.8 Å². The first-order valence-electron chi connectivity index (χ1n) is 11.7. The van der Waals surface area contributed by atoms with E-state index < -0.39 is 0 Å². The van der Waals surface area contributed by atoms with Crippen LogP contribution in [-0.2, 0) is 24.2 Å². The Morgan fingerprint density at radius 1 is 1.09 bits per heavy atom. The van der Waals surface area contributed by atoms with Crippen LogP contribution in [0.15, 0.2) is 54.9 Å². The molecule has 0 radical (unpaired) electrons. The molecular weight excluding hydrogens is 414 g/mol. The second-order valence-electron chi connectivity index (χ2n) is 9.26. The molecule has 0 saturated carbocycles. The molecule has 2 aromatic heterocycles. The highest BCUT2D eigenvalue weighted by atomic mass is 16.2. The van der Waals surface area contributed by atoms with E-state index in [-0.39, 0.29) is 29.9 Å². The largest absolute Gasteiger partial charge is 0.348 e. The normalized spacial score (nSPS) is 19.3. The number of nitrogens with zero attached hydrogens (tertiary/aromatic N) is 4. The van der Waals surface area contributed by atoms with Gasteiger partial charge in [-0.25, -0.2) is 4.98 Å². The number of benzene rings is 1. The number of amides is 2. The summed E-state index contributed by atoms with van der Waals surface area (Å²) in [6.45, 7) is 4.55. The molecule has 2 bridgehead atoms. The number of carbonyl (C=O) groups excluding carboxylic acids is 2. The molecule has 0 spiro atoms. The molecule has 7 heteroatoms. The van der Waals surface area contributed by atoms with E-state index >= 15 is 0 Å². The number of nitrogens with one attached hydrogen (secondary N) is 1. The van der Waals surface area contributed by atoms with Crippen LogP contribution in [0.25, 0.3) is 11.4 Å². The van der Waals surface area contributed by atoms with Crippen molar-refractivity contribution in [2.24, 2.45) is 0 Å². The van der Waals surface area contributed by atoms with Gasteiger partial charge in [-0.2, -0.15) is 0 Å². The Bertz CT molecular complexity index is 1160. The Morgan fingerprint density at radius 2 is 1.88 bits per heavy atom. The summed E-state index contributed by atoms with van der Waals surface area (Å²) in [5.74, 6) is 0.775. The first kappa shape index (κ1) is 21.4. The Balaban J connectivity index is 1.51. The maximum atomic E-state index is 13.4. The Labute approximate surface area is 193 Å². The number of rotatable bonds is 5. The van der Waals surface area contributed by atoms with Crippen LogP contribution in [0, 0.1) is 0 Å². The summed E-state index contributed by atoms with van der Waals surface area (Å²) < 4.78 is 2.18. The lowest BCUT2D eigenvalue weighted by atomic mass is 10.0. The third-order valence-electron chi connectivity index (χ3n) is 6.55. The summed E-state index contributed by atoms with van der Waals surface area (Å²) in [7, 11) is 0. The summed E-state index contributed by atoms with van der Waals surface area (Å²) in [5, 5.41) is 3.00. The molecule has 5 rings (SSSR count). The van der Waals surface area contributed by atoms with Gasteiger partial charge in [-0.1, -0.05) is 36.4 Å². The van der Waals surface area contributed by atoms with Gasteiger partial charge < -0.3 is 14.8 Å². The van der Waals surface area contributed by atoms with Crippen molar-refractivity contribution in [2.75, 3.05) is 0 Å². The topological polar surface area (TPSA) is 80.1 Å². The average molecular weight is 444 g/mol.